The summed E-state index contributed by atoms with van der Waals surface area (Å²) in [5.74, 6) is -0.140. The molecule has 0 rings (SSSR count). The average molecular weight is 366 g/mol. The second-order valence-corrected chi connectivity index (χ2v) is 7.05. The maximum Gasteiger partial charge on any atom is 1.00 e. The first-order chi connectivity index (χ1) is 11.8. The molecule has 3 nitrogen and oxygen atoms in total. The van der Waals surface area contributed by atoms with Gasteiger partial charge in [0.25, 0.3) is 0 Å². The first-order valence-corrected chi connectivity index (χ1v) is 10.6. The van der Waals surface area contributed by atoms with Crippen molar-refractivity contribution in [2.45, 2.75) is 110 Å². The van der Waals surface area contributed by atoms with E-state index in [4.69, 9.17) is 4.74 Å². The quantitative estimate of drug-likeness (QED) is 0.217. The summed E-state index contributed by atoms with van der Waals surface area (Å²) in [5.41, 5.74) is 0. The number of likely N-dealkylation sites (N-methyl/N-ethyl adjacent to an activating group) is 1. The minimum absolute atomic E-state index is 0. The normalized spacial score (nSPS) is 10.5. The van der Waals surface area contributed by atoms with Gasteiger partial charge in [0, 0.05) is 0 Å². The van der Waals surface area contributed by atoms with Crippen molar-refractivity contribution in [3.8, 4) is 0 Å². The van der Waals surface area contributed by atoms with Gasteiger partial charge in [-0.3, -0.25) is 4.79 Å². The van der Waals surface area contributed by atoms with Crippen molar-refractivity contribution in [2.75, 3.05) is 20.2 Å². The fourth-order valence-corrected chi connectivity index (χ4v) is 3.03. The van der Waals surface area contributed by atoms with Crippen molar-refractivity contribution in [2.24, 2.45) is 0 Å². The monoisotopic (exact) mass is 365 g/mol. The Bertz CT molecular complexity index is 268. The van der Waals surface area contributed by atoms with Crippen LogP contribution in [0.25, 0.3) is 0 Å². The van der Waals surface area contributed by atoms with Gasteiger partial charge < -0.3 is 11.5 Å². The van der Waals surface area contributed by atoms with Gasteiger partial charge in [-0.05, 0) is 13.5 Å². The Kier molecular flexibility index (Phi) is 27.0. The summed E-state index contributed by atoms with van der Waals surface area (Å²) in [5, 5.41) is 2.80. The number of ether oxygens (including phenoxy) is 1. The number of nitrogens with one attached hydrogen (secondary N) is 1. The molecule has 146 valence electrons. The molecular formula is C21H44NNaO2. The number of rotatable bonds is 19. The summed E-state index contributed by atoms with van der Waals surface area (Å²) in [6.07, 6.45) is 21.8. The largest absolute Gasteiger partial charge is 1.00 e. The molecule has 0 unspecified atom stereocenters. The van der Waals surface area contributed by atoms with Crippen LogP contribution < -0.4 is 34.9 Å². The maximum atomic E-state index is 11.1. The molecule has 0 saturated heterocycles. The van der Waals surface area contributed by atoms with Gasteiger partial charge in [-0.15, -0.1) is 0 Å². The molecular weight excluding hydrogens is 321 g/mol. The molecule has 0 saturated carbocycles. The van der Waals surface area contributed by atoms with Crippen molar-refractivity contribution < 1.29 is 40.5 Å². The van der Waals surface area contributed by atoms with Gasteiger partial charge in [0.1, 0.15) is 0 Å². The van der Waals surface area contributed by atoms with E-state index in [1.54, 1.807) is 7.05 Å². The molecule has 0 amide bonds. The summed E-state index contributed by atoms with van der Waals surface area (Å²) in [7, 11) is 1.76. The van der Waals surface area contributed by atoms with Crippen molar-refractivity contribution in [1.29, 1.82) is 0 Å². The summed E-state index contributed by atoms with van der Waals surface area (Å²) < 4.78 is 5.10. The van der Waals surface area contributed by atoms with Crippen molar-refractivity contribution in [3.05, 3.63) is 0 Å². The molecule has 0 heterocycles. The Morgan fingerprint density at radius 3 is 1.44 bits per heavy atom. The van der Waals surface area contributed by atoms with E-state index in [1.807, 2.05) is 0 Å². The van der Waals surface area contributed by atoms with Crippen LogP contribution in [0.5, 0.6) is 0 Å². The number of esters is 1. The molecule has 0 atom stereocenters. The van der Waals surface area contributed by atoms with Gasteiger partial charge in [-0.25, -0.2) is 0 Å². The van der Waals surface area contributed by atoms with Crippen LogP contribution in [0.3, 0.4) is 0 Å². The fraction of sp³-hybridized carbons (Fsp3) is 0.952. The van der Waals surface area contributed by atoms with Gasteiger partial charge in [-0.1, -0.05) is 103 Å². The minimum atomic E-state index is -0.140. The van der Waals surface area contributed by atoms with E-state index < -0.39 is 0 Å². The Hall–Kier alpha value is 0.430. The van der Waals surface area contributed by atoms with Crippen molar-refractivity contribution in [3.63, 3.8) is 0 Å². The van der Waals surface area contributed by atoms with Crippen molar-refractivity contribution in [1.82, 2.24) is 5.32 Å². The molecule has 0 aliphatic carbocycles. The molecule has 25 heavy (non-hydrogen) atoms. The third-order valence-corrected chi connectivity index (χ3v) is 4.58. The van der Waals surface area contributed by atoms with Gasteiger partial charge in [-0.2, -0.15) is 0 Å². The van der Waals surface area contributed by atoms with Crippen LogP contribution in [-0.2, 0) is 9.53 Å². The van der Waals surface area contributed by atoms with E-state index in [-0.39, 0.29) is 37.0 Å². The van der Waals surface area contributed by atoms with Crippen LogP contribution in [0.1, 0.15) is 111 Å². The van der Waals surface area contributed by atoms with Crippen LogP contribution in [0, 0.1) is 0 Å². The first kappa shape index (κ1) is 27.6. The van der Waals surface area contributed by atoms with Gasteiger partial charge >= 0.3 is 35.5 Å². The summed E-state index contributed by atoms with van der Waals surface area (Å²) in [6, 6.07) is 0. The zero-order valence-corrected chi connectivity index (χ0v) is 19.5. The topological polar surface area (TPSA) is 38.3 Å². The molecule has 0 radical (unpaired) electrons. The van der Waals surface area contributed by atoms with Crippen LogP contribution in [0.15, 0.2) is 0 Å². The first-order valence-electron chi connectivity index (χ1n) is 10.6. The second-order valence-electron chi connectivity index (χ2n) is 7.05. The van der Waals surface area contributed by atoms with Crippen LogP contribution in [-0.4, -0.2) is 26.2 Å². The smallest absolute Gasteiger partial charge is 1.00 e. The zero-order chi connectivity index (χ0) is 17.7. The number of unbranched alkanes of at least 4 members (excludes halogenated alkanes) is 15. The van der Waals surface area contributed by atoms with Gasteiger partial charge in [0.15, 0.2) is 0 Å². The third-order valence-electron chi connectivity index (χ3n) is 4.58. The van der Waals surface area contributed by atoms with Gasteiger partial charge in [0.05, 0.1) is 13.2 Å². The van der Waals surface area contributed by atoms with Gasteiger partial charge in [0.2, 0.25) is 0 Å². The molecule has 0 bridgehead atoms. The number of carbonyl (C=O) groups excluding carboxylic acids is 1. The Balaban J connectivity index is -0.00000264. The standard InChI is InChI=1S/C21H43NO2.Na.H/c1-3-4-5-6-7-8-9-10-11-12-13-14-15-16-17-18-19-24-21(23)20-22-2;;/h22H,3-20H2,1-2H3;;/q;+1;-1. The molecule has 0 aliphatic rings. The van der Waals surface area contributed by atoms with E-state index in [0.29, 0.717) is 13.2 Å². The summed E-state index contributed by atoms with van der Waals surface area (Å²) in [6.45, 7) is 3.18. The summed E-state index contributed by atoms with van der Waals surface area (Å²) in [4.78, 5) is 11.1. The molecule has 1 N–H and O–H groups in total. The Morgan fingerprint density at radius 1 is 0.720 bits per heavy atom. The van der Waals surface area contributed by atoms with E-state index in [9.17, 15) is 4.79 Å². The number of hydrogen-bond donors (Lipinski definition) is 1. The second kappa shape index (κ2) is 24.4. The van der Waals surface area contributed by atoms with Crippen LogP contribution in [0.2, 0.25) is 0 Å². The SMILES string of the molecule is CCCCCCCCCCCCCCCCCCOC(=O)CNC.[H-].[Na+]. The predicted molar refractivity (Wildman–Crippen MR) is 106 cm³/mol. The van der Waals surface area contributed by atoms with E-state index in [2.05, 4.69) is 12.2 Å². The Labute approximate surface area is 181 Å². The molecule has 0 fully saturated rings. The summed E-state index contributed by atoms with van der Waals surface area (Å²) >= 11 is 0. The predicted octanol–water partition coefficient (Wildman–Crippen LogP) is 3.13. The molecule has 0 aromatic rings. The van der Waals surface area contributed by atoms with Crippen LogP contribution >= 0.6 is 0 Å². The molecule has 4 heteroatoms. The van der Waals surface area contributed by atoms with Crippen LogP contribution in [0.4, 0.5) is 0 Å². The van der Waals surface area contributed by atoms with E-state index in [0.717, 1.165) is 6.42 Å². The fourth-order valence-electron chi connectivity index (χ4n) is 3.03. The minimum Gasteiger partial charge on any atom is -1.00 e. The molecule has 0 aromatic heterocycles. The molecule has 0 aliphatic heterocycles. The number of carbonyl (C=O) groups is 1. The van der Waals surface area contributed by atoms with E-state index >= 15 is 0 Å². The average Bonchev–Trinajstić information content (AvgIpc) is 2.58. The molecule has 0 aromatic carbocycles. The number of hydrogen-bond acceptors (Lipinski definition) is 3. The third kappa shape index (κ3) is 24.4. The molecule has 0 spiro atoms. The zero-order valence-electron chi connectivity index (χ0n) is 18.5. The van der Waals surface area contributed by atoms with Crippen molar-refractivity contribution >= 4 is 5.97 Å². The Morgan fingerprint density at radius 2 is 1.08 bits per heavy atom. The van der Waals surface area contributed by atoms with E-state index in [1.165, 1.54) is 96.3 Å². The maximum absolute atomic E-state index is 11.1.